The molecule has 0 bridgehead atoms. The van der Waals surface area contributed by atoms with E-state index in [-0.39, 0.29) is 6.42 Å². The summed E-state index contributed by atoms with van der Waals surface area (Å²) in [6, 6.07) is 7.31. The van der Waals surface area contributed by atoms with Gasteiger partial charge in [-0.2, -0.15) is 0 Å². The molecule has 0 aliphatic carbocycles. The van der Waals surface area contributed by atoms with Gasteiger partial charge >= 0.3 is 5.97 Å². The second-order valence-corrected chi connectivity index (χ2v) is 3.98. The maximum absolute atomic E-state index is 10.3. The van der Waals surface area contributed by atoms with Gasteiger partial charge in [-0.1, -0.05) is 12.8 Å². The number of unbranched alkanes of at least 4 members (excludes halogenated alkanes) is 3. The van der Waals surface area contributed by atoms with Crippen molar-refractivity contribution >= 4 is 11.7 Å². The Bertz CT molecular complexity index is 335. The number of aliphatic carboxylic acids is 1. The number of anilines is 1. The minimum absolute atomic E-state index is 0.263. The van der Waals surface area contributed by atoms with Gasteiger partial charge in [0.25, 0.3) is 0 Å². The average Bonchev–Trinajstić information content (AvgIpc) is 2.30. The second kappa shape index (κ2) is 7.54. The highest BCUT2D eigenvalue weighted by Gasteiger charge is 1.97. The van der Waals surface area contributed by atoms with Gasteiger partial charge in [0.1, 0.15) is 5.75 Å². The number of nitrogen functional groups attached to an aromatic ring is 1. The smallest absolute Gasteiger partial charge is 0.303 e. The van der Waals surface area contributed by atoms with Gasteiger partial charge in [-0.3, -0.25) is 4.79 Å². The third-order valence-corrected chi connectivity index (χ3v) is 2.43. The molecule has 0 aliphatic rings. The molecule has 0 amide bonds. The molecule has 0 atom stereocenters. The van der Waals surface area contributed by atoms with Gasteiger partial charge in [-0.15, -0.1) is 0 Å². The van der Waals surface area contributed by atoms with Crippen LogP contribution in [0.1, 0.15) is 32.1 Å². The van der Waals surface area contributed by atoms with Crippen molar-refractivity contribution in [2.45, 2.75) is 32.1 Å². The summed E-state index contributed by atoms with van der Waals surface area (Å²) in [4.78, 5) is 10.3. The fraction of sp³-hybridized carbons (Fsp3) is 0.462. The summed E-state index contributed by atoms with van der Waals surface area (Å²) < 4.78 is 5.52. The molecule has 1 aromatic carbocycles. The van der Waals surface area contributed by atoms with E-state index < -0.39 is 5.97 Å². The summed E-state index contributed by atoms with van der Waals surface area (Å²) in [5, 5.41) is 8.45. The van der Waals surface area contributed by atoms with Crippen LogP contribution in [0.5, 0.6) is 5.75 Å². The number of carbonyl (C=O) groups is 1. The van der Waals surface area contributed by atoms with Crippen molar-refractivity contribution in [1.29, 1.82) is 0 Å². The predicted octanol–water partition coefficient (Wildman–Crippen LogP) is 2.68. The Morgan fingerprint density at radius 1 is 1.12 bits per heavy atom. The number of hydrogen-bond acceptors (Lipinski definition) is 3. The molecular weight excluding hydrogens is 218 g/mol. The van der Waals surface area contributed by atoms with Crippen molar-refractivity contribution in [3.63, 3.8) is 0 Å². The third kappa shape index (κ3) is 6.45. The first kappa shape index (κ1) is 13.4. The fourth-order valence-electron chi connectivity index (χ4n) is 1.49. The zero-order valence-corrected chi connectivity index (χ0v) is 9.89. The Balaban J connectivity index is 2.01. The minimum atomic E-state index is -0.719. The first-order valence-electron chi connectivity index (χ1n) is 5.88. The lowest BCUT2D eigenvalue weighted by Crippen LogP contribution is -1.98. The number of rotatable bonds is 8. The first-order chi connectivity index (χ1) is 8.18. The maximum atomic E-state index is 10.3. The van der Waals surface area contributed by atoms with Gasteiger partial charge in [0.2, 0.25) is 0 Å². The molecule has 0 radical (unpaired) electrons. The van der Waals surface area contributed by atoms with Crippen molar-refractivity contribution in [3.05, 3.63) is 24.3 Å². The number of ether oxygens (including phenoxy) is 1. The van der Waals surface area contributed by atoms with E-state index in [1.54, 1.807) is 0 Å². The second-order valence-electron chi connectivity index (χ2n) is 3.98. The van der Waals surface area contributed by atoms with Gasteiger partial charge in [-0.25, -0.2) is 0 Å². The van der Waals surface area contributed by atoms with Crippen LogP contribution in [0.4, 0.5) is 5.69 Å². The zero-order valence-electron chi connectivity index (χ0n) is 9.89. The molecule has 3 N–H and O–H groups in total. The van der Waals surface area contributed by atoms with E-state index in [0.717, 1.165) is 37.1 Å². The van der Waals surface area contributed by atoms with Gasteiger partial charge in [0, 0.05) is 12.1 Å². The van der Waals surface area contributed by atoms with Crippen LogP contribution in [0.2, 0.25) is 0 Å². The highest BCUT2D eigenvalue weighted by molar-refractivity contribution is 5.66. The number of benzene rings is 1. The normalized spacial score (nSPS) is 10.1. The minimum Gasteiger partial charge on any atom is -0.494 e. The molecule has 0 aromatic heterocycles. The summed E-state index contributed by atoms with van der Waals surface area (Å²) in [6.45, 7) is 0.664. The van der Waals surface area contributed by atoms with Gasteiger partial charge < -0.3 is 15.6 Å². The van der Waals surface area contributed by atoms with E-state index >= 15 is 0 Å². The molecule has 1 aromatic rings. The summed E-state index contributed by atoms with van der Waals surface area (Å²) in [5.74, 6) is 0.105. The van der Waals surface area contributed by atoms with Crippen LogP contribution < -0.4 is 10.5 Å². The Hall–Kier alpha value is -1.71. The highest BCUT2D eigenvalue weighted by atomic mass is 16.5. The molecule has 0 unspecified atom stereocenters. The molecule has 0 aliphatic heterocycles. The Morgan fingerprint density at radius 2 is 1.76 bits per heavy atom. The summed E-state index contributed by atoms with van der Waals surface area (Å²) >= 11 is 0. The SMILES string of the molecule is Nc1ccc(OCCCCCCC(=O)O)cc1. The Labute approximate surface area is 101 Å². The molecule has 4 nitrogen and oxygen atoms in total. The molecule has 0 fully saturated rings. The van der Waals surface area contributed by atoms with Crippen LogP contribution in [-0.2, 0) is 4.79 Å². The first-order valence-corrected chi connectivity index (χ1v) is 5.88. The van der Waals surface area contributed by atoms with Crippen molar-refractivity contribution < 1.29 is 14.6 Å². The molecule has 0 saturated heterocycles. The molecule has 17 heavy (non-hydrogen) atoms. The van der Waals surface area contributed by atoms with Gasteiger partial charge in [0.05, 0.1) is 6.61 Å². The lowest BCUT2D eigenvalue weighted by molar-refractivity contribution is -0.137. The average molecular weight is 237 g/mol. The standard InChI is InChI=1S/C13H19NO3/c14-11-6-8-12(9-7-11)17-10-4-2-1-3-5-13(15)16/h6-9H,1-5,10,14H2,(H,15,16). The van der Waals surface area contributed by atoms with Gasteiger partial charge in [0.15, 0.2) is 0 Å². The zero-order chi connectivity index (χ0) is 12.5. The van der Waals surface area contributed by atoms with Crippen LogP contribution in [0.25, 0.3) is 0 Å². The van der Waals surface area contributed by atoms with Gasteiger partial charge in [-0.05, 0) is 37.1 Å². The number of carboxylic acid groups (broad SMARTS) is 1. The monoisotopic (exact) mass is 237 g/mol. The summed E-state index contributed by atoms with van der Waals surface area (Å²) in [7, 11) is 0. The van der Waals surface area contributed by atoms with Crippen LogP contribution in [0, 0.1) is 0 Å². The van der Waals surface area contributed by atoms with Crippen LogP contribution >= 0.6 is 0 Å². The molecule has 0 heterocycles. The third-order valence-electron chi connectivity index (χ3n) is 2.43. The van der Waals surface area contributed by atoms with Crippen molar-refractivity contribution in [2.24, 2.45) is 0 Å². The quantitative estimate of drug-likeness (QED) is 0.538. The predicted molar refractivity (Wildman–Crippen MR) is 67.1 cm³/mol. The summed E-state index contributed by atoms with van der Waals surface area (Å²) in [6.07, 6.45) is 3.90. The number of nitrogens with two attached hydrogens (primary N) is 1. The Morgan fingerprint density at radius 3 is 2.41 bits per heavy atom. The molecule has 1 rings (SSSR count). The van der Waals surface area contributed by atoms with Crippen molar-refractivity contribution in [3.8, 4) is 5.75 Å². The fourth-order valence-corrected chi connectivity index (χ4v) is 1.49. The molecular formula is C13H19NO3. The summed E-state index contributed by atoms with van der Waals surface area (Å²) in [5.41, 5.74) is 6.29. The van der Waals surface area contributed by atoms with E-state index in [9.17, 15) is 4.79 Å². The molecule has 0 spiro atoms. The van der Waals surface area contributed by atoms with Crippen LogP contribution in [-0.4, -0.2) is 17.7 Å². The van der Waals surface area contributed by atoms with E-state index in [4.69, 9.17) is 15.6 Å². The number of carboxylic acids is 1. The maximum Gasteiger partial charge on any atom is 0.303 e. The lowest BCUT2D eigenvalue weighted by atomic mass is 10.1. The number of hydrogen-bond donors (Lipinski definition) is 2. The van der Waals surface area contributed by atoms with E-state index in [2.05, 4.69) is 0 Å². The van der Waals surface area contributed by atoms with Crippen molar-refractivity contribution in [2.75, 3.05) is 12.3 Å². The van der Waals surface area contributed by atoms with Crippen LogP contribution in [0.3, 0.4) is 0 Å². The van der Waals surface area contributed by atoms with Crippen LogP contribution in [0.15, 0.2) is 24.3 Å². The molecule has 0 saturated carbocycles. The van der Waals surface area contributed by atoms with E-state index in [0.29, 0.717) is 6.61 Å². The van der Waals surface area contributed by atoms with E-state index in [1.807, 2.05) is 24.3 Å². The Kier molecular flexibility index (Phi) is 5.93. The highest BCUT2D eigenvalue weighted by Crippen LogP contribution is 2.13. The van der Waals surface area contributed by atoms with E-state index in [1.165, 1.54) is 0 Å². The largest absolute Gasteiger partial charge is 0.494 e. The molecule has 4 heteroatoms. The topological polar surface area (TPSA) is 72.5 Å². The molecule has 94 valence electrons. The lowest BCUT2D eigenvalue weighted by Gasteiger charge is -2.05. The van der Waals surface area contributed by atoms with Crippen molar-refractivity contribution in [1.82, 2.24) is 0 Å².